The number of hydrogen-bond donors (Lipinski definition) is 0. The topological polar surface area (TPSA) is 102 Å². The van der Waals surface area contributed by atoms with Crippen LogP contribution in [-0.4, -0.2) is 57.0 Å². The standard InChI is InChI=1S/C19H20FN3O6S/c20-14-2-4-16(23(24)25)17(12-14)21-6-8-22(9-7-21)30(26,27)15-3-5-18-19(13-15)29-11-1-10-28-18/h2-5,12-13H,1,6-11H2. The SMILES string of the molecule is O=[N+]([O-])c1ccc(F)cc1N1CCN(S(=O)(=O)c2ccc3c(c2)OCCCO3)CC1. The van der Waals surface area contributed by atoms with Crippen LogP contribution in [-0.2, 0) is 10.0 Å². The Hall–Kier alpha value is -2.92. The quantitative estimate of drug-likeness (QED) is 0.535. The van der Waals surface area contributed by atoms with Crippen molar-refractivity contribution in [2.45, 2.75) is 11.3 Å². The summed E-state index contributed by atoms with van der Waals surface area (Å²) in [5.74, 6) is 0.315. The summed E-state index contributed by atoms with van der Waals surface area (Å²) in [6, 6.07) is 7.77. The fraction of sp³-hybridized carbons (Fsp3) is 0.368. The summed E-state index contributed by atoms with van der Waals surface area (Å²) >= 11 is 0. The lowest BCUT2D eigenvalue weighted by Crippen LogP contribution is -2.48. The maximum absolute atomic E-state index is 13.6. The van der Waals surface area contributed by atoms with Crippen LogP contribution in [0.3, 0.4) is 0 Å². The Kier molecular flexibility index (Phi) is 5.48. The highest BCUT2D eigenvalue weighted by Crippen LogP contribution is 2.34. The van der Waals surface area contributed by atoms with Crippen LogP contribution in [0, 0.1) is 15.9 Å². The Morgan fingerprint density at radius 3 is 2.37 bits per heavy atom. The lowest BCUT2D eigenvalue weighted by atomic mass is 10.2. The van der Waals surface area contributed by atoms with Gasteiger partial charge in [-0.2, -0.15) is 4.31 Å². The zero-order valence-corrected chi connectivity index (χ0v) is 16.8. The monoisotopic (exact) mass is 437 g/mol. The zero-order valence-electron chi connectivity index (χ0n) is 16.0. The van der Waals surface area contributed by atoms with Crippen molar-refractivity contribution in [3.05, 3.63) is 52.3 Å². The second kappa shape index (κ2) is 8.07. The second-order valence-corrected chi connectivity index (χ2v) is 8.88. The minimum absolute atomic E-state index is 0.0944. The molecule has 0 bridgehead atoms. The molecule has 2 aliphatic rings. The maximum atomic E-state index is 13.6. The fourth-order valence-electron chi connectivity index (χ4n) is 3.53. The van der Waals surface area contributed by atoms with E-state index in [1.165, 1.54) is 16.4 Å². The van der Waals surface area contributed by atoms with Crippen LogP contribution in [0.5, 0.6) is 11.5 Å². The number of nitrogens with zero attached hydrogens (tertiary/aromatic N) is 3. The number of nitro groups is 1. The Labute approximate surface area is 172 Å². The largest absolute Gasteiger partial charge is 0.490 e. The molecule has 9 nitrogen and oxygen atoms in total. The molecule has 0 aliphatic carbocycles. The first-order valence-electron chi connectivity index (χ1n) is 9.45. The van der Waals surface area contributed by atoms with E-state index in [4.69, 9.17) is 9.47 Å². The van der Waals surface area contributed by atoms with Crippen molar-refractivity contribution in [3.8, 4) is 11.5 Å². The Bertz CT molecular complexity index is 1070. The van der Waals surface area contributed by atoms with Gasteiger partial charge in [-0.1, -0.05) is 0 Å². The molecule has 0 N–H and O–H groups in total. The maximum Gasteiger partial charge on any atom is 0.292 e. The molecule has 0 saturated carbocycles. The van der Waals surface area contributed by atoms with Crippen LogP contribution < -0.4 is 14.4 Å². The number of sulfonamides is 1. The molecule has 2 aliphatic heterocycles. The molecule has 2 aromatic carbocycles. The van der Waals surface area contributed by atoms with Gasteiger partial charge in [-0.3, -0.25) is 10.1 Å². The third-order valence-electron chi connectivity index (χ3n) is 5.07. The number of benzene rings is 2. The van der Waals surface area contributed by atoms with Crippen molar-refractivity contribution in [2.75, 3.05) is 44.3 Å². The van der Waals surface area contributed by atoms with Crippen molar-refractivity contribution in [1.82, 2.24) is 4.31 Å². The summed E-state index contributed by atoms with van der Waals surface area (Å²) in [6.45, 7) is 1.59. The molecule has 4 rings (SSSR count). The molecule has 30 heavy (non-hydrogen) atoms. The van der Waals surface area contributed by atoms with E-state index >= 15 is 0 Å². The summed E-state index contributed by atoms with van der Waals surface area (Å²) in [5.41, 5.74) is -0.0664. The van der Waals surface area contributed by atoms with Gasteiger partial charge >= 0.3 is 0 Å². The molecule has 0 aromatic heterocycles. The molecule has 2 aromatic rings. The van der Waals surface area contributed by atoms with Crippen LogP contribution in [0.2, 0.25) is 0 Å². The highest BCUT2D eigenvalue weighted by atomic mass is 32.2. The third-order valence-corrected chi connectivity index (χ3v) is 6.96. The summed E-state index contributed by atoms with van der Waals surface area (Å²) in [7, 11) is -3.78. The number of hydrogen-bond acceptors (Lipinski definition) is 7. The highest BCUT2D eigenvalue weighted by molar-refractivity contribution is 7.89. The van der Waals surface area contributed by atoms with Gasteiger partial charge in [0, 0.05) is 50.8 Å². The summed E-state index contributed by atoms with van der Waals surface area (Å²) in [4.78, 5) is 12.4. The number of ether oxygens (including phenoxy) is 2. The van der Waals surface area contributed by atoms with Crippen molar-refractivity contribution in [2.24, 2.45) is 0 Å². The number of nitro benzene ring substituents is 1. The zero-order chi connectivity index (χ0) is 21.3. The molecule has 1 fully saturated rings. The lowest BCUT2D eigenvalue weighted by molar-refractivity contribution is -0.384. The van der Waals surface area contributed by atoms with Crippen molar-refractivity contribution < 1.29 is 27.2 Å². The van der Waals surface area contributed by atoms with Gasteiger partial charge in [0.2, 0.25) is 10.0 Å². The van der Waals surface area contributed by atoms with Crippen molar-refractivity contribution >= 4 is 21.4 Å². The number of rotatable bonds is 4. The molecule has 0 spiro atoms. The van der Waals surface area contributed by atoms with Crippen LogP contribution in [0.25, 0.3) is 0 Å². The number of anilines is 1. The van der Waals surface area contributed by atoms with Crippen LogP contribution in [0.15, 0.2) is 41.3 Å². The molecule has 160 valence electrons. The van der Waals surface area contributed by atoms with Gasteiger partial charge < -0.3 is 14.4 Å². The molecular weight excluding hydrogens is 417 g/mol. The van der Waals surface area contributed by atoms with Gasteiger partial charge in [0.1, 0.15) is 11.5 Å². The van der Waals surface area contributed by atoms with Gasteiger partial charge in [0.05, 0.1) is 23.0 Å². The molecule has 11 heteroatoms. The Balaban J connectivity index is 1.52. The summed E-state index contributed by atoms with van der Waals surface area (Å²) < 4.78 is 52.2. The number of fused-ring (bicyclic) bond motifs is 1. The van der Waals surface area contributed by atoms with Crippen molar-refractivity contribution in [3.63, 3.8) is 0 Å². The fourth-order valence-corrected chi connectivity index (χ4v) is 4.96. The number of halogens is 1. The first-order chi connectivity index (χ1) is 14.4. The molecular formula is C19H20FN3O6S. The van der Waals surface area contributed by atoms with Gasteiger partial charge in [-0.15, -0.1) is 0 Å². The predicted molar refractivity (Wildman–Crippen MR) is 106 cm³/mol. The van der Waals surface area contributed by atoms with Crippen molar-refractivity contribution in [1.29, 1.82) is 0 Å². The minimum Gasteiger partial charge on any atom is -0.490 e. The Morgan fingerprint density at radius 1 is 0.967 bits per heavy atom. The van der Waals surface area contributed by atoms with Gasteiger partial charge in [0.15, 0.2) is 11.5 Å². The number of piperazine rings is 1. The summed E-state index contributed by atoms with van der Waals surface area (Å²) in [5, 5.41) is 11.3. The average Bonchev–Trinajstić information content (AvgIpc) is 2.98. The Morgan fingerprint density at radius 2 is 1.67 bits per heavy atom. The molecule has 2 heterocycles. The molecule has 0 unspecified atom stereocenters. The van der Waals surface area contributed by atoms with Crippen LogP contribution in [0.4, 0.5) is 15.8 Å². The van der Waals surface area contributed by atoms with E-state index in [9.17, 15) is 22.9 Å². The van der Waals surface area contributed by atoms with Gasteiger partial charge in [-0.05, 0) is 18.2 Å². The van der Waals surface area contributed by atoms with E-state index < -0.39 is 20.8 Å². The minimum atomic E-state index is -3.78. The van der Waals surface area contributed by atoms with Crippen LogP contribution >= 0.6 is 0 Å². The van der Waals surface area contributed by atoms with E-state index in [1.807, 2.05) is 0 Å². The first kappa shape index (κ1) is 20.4. The van der Waals surface area contributed by atoms with E-state index in [-0.39, 0.29) is 42.4 Å². The smallest absolute Gasteiger partial charge is 0.292 e. The summed E-state index contributed by atoms with van der Waals surface area (Å²) in [6.07, 6.45) is 0.713. The van der Waals surface area contributed by atoms with Gasteiger partial charge in [0.25, 0.3) is 5.69 Å². The van der Waals surface area contributed by atoms with Gasteiger partial charge in [-0.25, -0.2) is 12.8 Å². The molecule has 1 saturated heterocycles. The normalized spacial score (nSPS) is 17.4. The third kappa shape index (κ3) is 3.90. The van der Waals surface area contributed by atoms with E-state index in [2.05, 4.69) is 0 Å². The van der Waals surface area contributed by atoms with E-state index in [0.717, 1.165) is 18.2 Å². The predicted octanol–water partition coefficient (Wildman–Crippen LogP) is 2.41. The lowest BCUT2D eigenvalue weighted by Gasteiger charge is -2.35. The second-order valence-electron chi connectivity index (χ2n) is 6.94. The highest BCUT2D eigenvalue weighted by Gasteiger charge is 2.31. The molecule has 0 atom stereocenters. The van der Waals surface area contributed by atoms with E-state index in [0.29, 0.717) is 31.1 Å². The van der Waals surface area contributed by atoms with Crippen LogP contribution in [0.1, 0.15) is 6.42 Å². The molecule has 0 radical (unpaired) electrons. The average molecular weight is 437 g/mol. The first-order valence-corrected chi connectivity index (χ1v) is 10.9. The molecule has 0 amide bonds. The van der Waals surface area contributed by atoms with E-state index in [1.54, 1.807) is 11.0 Å².